The summed E-state index contributed by atoms with van der Waals surface area (Å²) in [6.45, 7) is 6.54. The van der Waals surface area contributed by atoms with E-state index in [-0.39, 0.29) is 0 Å². The molecule has 1 aromatic carbocycles. The minimum absolute atomic E-state index is 0.751. The maximum Gasteiger partial charge on any atom is 0.0410 e. The number of fused-ring (bicyclic) bond motifs is 1. The Labute approximate surface area is 113 Å². The van der Waals surface area contributed by atoms with Crippen LogP contribution in [0.2, 0.25) is 0 Å². The van der Waals surface area contributed by atoms with Gasteiger partial charge in [0.25, 0.3) is 0 Å². The predicted molar refractivity (Wildman–Crippen MR) is 81.1 cm³/mol. The maximum atomic E-state index is 6.00. The lowest BCUT2D eigenvalue weighted by Crippen LogP contribution is -1.93. The Kier molecular flexibility index (Phi) is 4.12. The van der Waals surface area contributed by atoms with Crippen LogP contribution in [0.1, 0.15) is 26.0 Å². The van der Waals surface area contributed by atoms with Gasteiger partial charge in [0.15, 0.2) is 0 Å². The molecule has 18 heavy (non-hydrogen) atoms. The molecule has 2 N–H and O–H groups in total. The minimum atomic E-state index is 0.751. The van der Waals surface area contributed by atoms with Crippen molar-refractivity contribution in [3.05, 3.63) is 30.1 Å². The van der Waals surface area contributed by atoms with Gasteiger partial charge in [0.1, 0.15) is 0 Å². The van der Waals surface area contributed by atoms with Crippen molar-refractivity contribution in [1.29, 1.82) is 0 Å². The van der Waals surface area contributed by atoms with E-state index >= 15 is 0 Å². The Morgan fingerprint density at radius 3 is 2.78 bits per heavy atom. The smallest absolute Gasteiger partial charge is 0.0410 e. The number of hydrogen-bond acceptors (Lipinski definition) is 3. The SMILES string of the molecule is Cc1cc2c(SCCC(C)C)ccc(N)c2cn1. The van der Waals surface area contributed by atoms with Gasteiger partial charge in [0, 0.05) is 33.2 Å². The first kappa shape index (κ1) is 13.2. The highest BCUT2D eigenvalue weighted by Crippen LogP contribution is 2.32. The first-order valence-corrected chi connectivity index (χ1v) is 7.34. The zero-order valence-corrected chi connectivity index (χ0v) is 12.1. The first-order valence-electron chi connectivity index (χ1n) is 6.35. The maximum absolute atomic E-state index is 6.00. The van der Waals surface area contributed by atoms with Crippen LogP contribution in [0.15, 0.2) is 29.3 Å². The third-order valence-corrected chi connectivity index (χ3v) is 4.09. The van der Waals surface area contributed by atoms with E-state index in [0.29, 0.717) is 0 Å². The highest BCUT2D eigenvalue weighted by molar-refractivity contribution is 7.99. The summed E-state index contributed by atoms with van der Waals surface area (Å²) in [5.74, 6) is 1.90. The quantitative estimate of drug-likeness (QED) is 0.659. The second-order valence-corrected chi connectivity index (χ2v) is 6.19. The fraction of sp³-hybridized carbons (Fsp3) is 0.400. The molecule has 0 unspecified atom stereocenters. The lowest BCUT2D eigenvalue weighted by atomic mass is 10.1. The molecule has 0 atom stereocenters. The van der Waals surface area contributed by atoms with Crippen LogP contribution >= 0.6 is 11.8 Å². The lowest BCUT2D eigenvalue weighted by molar-refractivity contribution is 0.632. The largest absolute Gasteiger partial charge is 0.398 e. The van der Waals surface area contributed by atoms with Gasteiger partial charge in [-0.05, 0) is 43.2 Å². The molecule has 0 amide bonds. The summed E-state index contributed by atoms with van der Waals surface area (Å²) < 4.78 is 0. The van der Waals surface area contributed by atoms with Crippen LogP contribution in [0.5, 0.6) is 0 Å². The van der Waals surface area contributed by atoms with E-state index in [9.17, 15) is 0 Å². The molecule has 2 aromatic rings. The molecular formula is C15H20N2S. The molecule has 0 saturated heterocycles. The molecule has 0 aliphatic carbocycles. The standard InChI is InChI=1S/C15H20N2S/c1-10(2)6-7-18-15-5-4-14(16)13-9-17-11(3)8-12(13)15/h4-5,8-10H,6-7,16H2,1-3H3. The second kappa shape index (κ2) is 5.61. The van der Waals surface area contributed by atoms with Crippen molar-refractivity contribution >= 4 is 28.2 Å². The van der Waals surface area contributed by atoms with Crippen molar-refractivity contribution in [2.24, 2.45) is 5.92 Å². The van der Waals surface area contributed by atoms with E-state index < -0.39 is 0 Å². The molecule has 0 aliphatic rings. The van der Waals surface area contributed by atoms with Gasteiger partial charge in [0.2, 0.25) is 0 Å². The van der Waals surface area contributed by atoms with Crippen molar-refractivity contribution in [3.8, 4) is 0 Å². The Bertz CT molecular complexity index is 549. The van der Waals surface area contributed by atoms with E-state index in [1.807, 2.05) is 30.9 Å². The molecule has 1 heterocycles. The normalized spacial score (nSPS) is 11.3. The summed E-state index contributed by atoms with van der Waals surface area (Å²) in [7, 11) is 0. The summed E-state index contributed by atoms with van der Waals surface area (Å²) >= 11 is 1.91. The number of thioether (sulfide) groups is 1. The van der Waals surface area contributed by atoms with Crippen molar-refractivity contribution in [1.82, 2.24) is 4.98 Å². The summed E-state index contributed by atoms with van der Waals surface area (Å²) in [5, 5.41) is 2.30. The predicted octanol–water partition coefficient (Wildman–Crippen LogP) is 4.26. The fourth-order valence-corrected chi connectivity index (χ4v) is 3.17. The molecule has 1 aromatic heterocycles. The minimum Gasteiger partial charge on any atom is -0.398 e. The molecule has 2 nitrogen and oxygen atoms in total. The van der Waals surface area contributed by atoms with Crippen LogP contribution in [-0.4, -0.2) is 10.7 Å². The van der Waals surface area contributed by atoms with Crippen molar-refractivity contribution in [2.75, 3.05) is 11.5 Å². The zero-order valence-electron chi connectivity index (χ0n) is 11.2. The average Bonchev–Trinajstić information content (AvgIpc) is 2.31. The van der Waals surface area contributed by atoms with Crippen LogP contribution in [0.25, 0.3) is 10.8 Å². The van der Waals surface area contributed by atoms with Crippen LogP contribution in [-0.2, 0) is 0 Å². The van der Waals surface area contributed by atoms with Gasteiger partial charge in [0.05, 0.1) is 0 Å². The number of benzene rings is 1. The molecule has 3 heteroatoms. The van der Waals surface area contributed by atoms with E-state index in [1.54, 1.807) is 0 Å². The van der Waals surface area contributed by atoms with E-state index in [4.69, 9.17) is 5.73 Å². The fourth-order valence-electron chi connectivity index (χ4n) is 1.87. The number of nitrogen functional groups attached to an aromatic ring is 1. The lowest BCUT2D eigenvalue weighted by Gasteiger charge is -2.10. The molecule has 0 spiro atoms. The van der Waals surface area contributed by atoms with E-state index in [0.717, 1.165) is 28.4 Å². The molecule has 2 rings (SSSR count). The topological polar surface area (TPSA) is 38.9 Å². The second-order valence-electron chi connectivity index (χ2n) is 5.06. The molecular weight excluding hydrogens is 240 g/mol. The van der Waals surface area contributed by atoms with Crippen LogP contribution in [0.4, 0.5) is 5.69 Å². The van der Waals surface area contributed by atoms with Gasteiger partial charge in [-0.25, -0.2) is 0 Å². The van der Waals surface area contributed by atoms with Gasteiger partial charge in [-0.15, -0.1) is 11.8 Å². The highest BCUT2D eigenvalue weighted by atomic mass is 32.2. The molecule has 0 fully saturated rings. The van der Waals surface area contributed by atoms with Crippen molar-refractivity contribution in [3.63, 3.8) is 0 Å². The number of nitrogens with two attached hydrogens (primary N) is 1. The number of nitrogens with zero attached hydrogens (tertiary/aromatic N) is 1. The average molecular weight is 260 g/mol. The van der Waals surface area contributed by atoms with Gasteiger partial charge in [-0.1, -0.05) is 13.8 Å². The van der Waals surface area contributed by atoms with Gasteiger partial charge in [-0.3, -0.25) is 4.98 Å². The van der Waals surface area contributed by atoms with Crippen LogP contribution in [0.3, 0.4) is 0 Å². The third kappa shape index (κ3) is 2.96. The number of aromatic nitrogens is 1. The monoisotopic (exact) mass is 260 g/mol. The highest BCUT2D eigenvalue weighted by Gasteiger charge is 2.06. The van der Waals surface area contributed by atoms with Gasteiger partial charge < -0.3 is 5.73 Å². The van der Waals surface area contributed by atoms with E-state index in [2.05, 4.69) is 31.0 Å². The summed E-state index contributed by atoms with van der Waals surface area (Å²) in [5.41, 5.74) is 7.85. The summed E-state index contributed by atoms with van der Waals surface area (Å²) in [6, 6.07) is 6.24. The number of anilines is 1. The molecule has 0 radical (unpaired) electrons. The number of pyridine rings is 1. The molecule has 0 saturated carbocycles. The zero-order chi connectivity index (χ0) is 13.1. The first-order chi connectivity index (χ1) is 8.58. The van der Waals surface area contributed by atoms with Gasteiger partial charge >= 0.3 is 0 Å². The van der Waals surface area contributed by atoms with Crippen molar-refractivity contribution in [2.45, 2.75) is 32.1 Å². The van der Waals surface area contributed by atoms with Gasteiger partial charge in [-0.2, -0.15) is 0 Å². The Morgan fingerprint density at radius 2 is 2.06 bits per heavy atom. The Hall–Kier alpha value is -1.22. The number of hydrogen-bond donors (Lipinski definition) is 1. The van der Waals surface area contributed by atoms with Crippen LogP contribution in [0, 0.1) is 12.8 Å². The summed E-state index contributed by atoms with van der Waals surface area (Å²) in [4.78, 5) is 5.64. The Balaban J connectivity index is 2.32. The summed E-state index contributed by atoms with van der Waals surface area (Å²) in [6.07, 6.45) is 3.12. The Morgan fingerprint density at radius 1 is 1.28 bits per heavy atom. The number of rotatable bonds is 4. The molecule has 96 valence electrons. The number of aryl methyl sites for hydroxylation is 1. The van der Waals surface area contributed by atoms with E-state index in [1.165, 1.54) is 16.7 Å². The van der Waals surface area contributed by atoms with Crippen molar-refractivity contribution < 1.29 is 0 Å². The molecule has 0 aliphatic heterocycles. The van der Waals surface area contributed by atoms with Crippen LogP contribution < -0.4 is 5.73 Å². The molecule has 0 bridgehead atoms. The third-order valence-electron chi connectivity index (χ3n) is 2.98.